The van der Waals surface area contributed by atoms with Gasteiger partial charge in [0.1, 0.15) is 28.9 Å². The number of hydrogen-bond donors (Lipinski definition) is 5. The van der Waals surface area contributed by atoms with Crippen molar-refractivity contribution in [2.45, 2.75) is 44.6 Å². The second-order valence-electron chi connectivity index (χ2n) is 12.1. The maximum absolute atomic E-state index is 13.6. The smallest absolute Gasteiger partial charge is 0.407 e. The molecule has 6 aromatic rings. The molecule has 6 rings (SSSR count). The highest BCUT2D eigenvalue weighted by molar-refractivity contribution is 5.93. The van der Waals surface area contributed by atoms with Crippen LogP contribution < -0.4 is 21.4 Å². The van der Waals surface area contributed by atoms with E-state index in [1.54, 1.807) is 18.3 Å². The number of imidazole rings is 2. The number of ether oxygens (including phenoxy) is 1. The summed E-state index contributed by atoms with van der Waals surface area (Å²) in [4.78, 5) is 54.1. The van der Waals surface area contributed by atoms with Crippen molar-refractivity contribution >= 4 is 33.9 Å². The Bertz CT molecular complexity index is 2140. The monoisotopic (exact) mass is 675 g/mol. The van der Waals surface area contributed by atoms with E-state index in [1.165, 1.54) is 7.11 Å². The highest BCUT2D eigenvalue weighted by atomic mass is 16.5. The van der Waals surface area contributed by atoms with Crippen LogP contribution in [0.25, 0.3) is 44.5 Å². The number of carbonyl (C=O) groups is 2. The van der Waals surface area contributed by atoms with E-state index >= 15 is 0 Å². The van der Waals surface area contributed by atoms with E-state index in [0.29, 0.717) is 46.9 Å². The summed E-state index contributed by atoms with van der Waals surface area (Å²) in [5, 5.41) is 9.66. The first kappa shape index (κ1) is 34.1. The van der Waals surface area contributed by atoms with Crippen LogP contribution in [0.5, 0.6) is 0 Å². The fourth-order valence-electron chi connectivity index (χ4n) is 5.91. The van der Waals surface area contributed by atoms with Crippen molar-refractivity contribution < 1.29 is 18.7 Å². The van der Waals surface area contributed by atoms with Gasteiger partial charge in [-0.25, -0.2) is 14.8 Å². The molecular weight excluding hydrogens is 634 g/mol. The van der Waals surface area contributed by atoms with Crippen molar-refractivity contribution in [1.29, 1.82) is 0 Å². The Morgan fingerprint density at radius 2 is 1.46 bits per heavy atom. The van der Waals surface area contributed by atoms with Gasteiger partial charge in [0.15, 0.2) is 0 Å². The minimum absolute atomic E-state index is 0.0949. The van der Waals surface area contributed by atoms with Gasteiger partial charge < -0.3 is 35.1 Å². The molecule has 3 aromatic carbocycles. The van der Waals surface area contributed by atoms with Crippen molar-refractivity contribution in [3.63, 3.8) is 0 Å². The molecule has 12 heteroatoms. The summed E-state index contributed by atoms with van der Waals surface area (Å²) >= 11 is 0. The fraction of sp³-hybridized carbons (Fsp3) is 0.289. The number of unbranched alkanes of at least 4 members (excludes halogenated alkanes) is 2. The molecule has 0 aliphatic heterocycles. The number of aromatic nitrogens is 4. The van der Waals surface area contributed by atoms with Gasteiger partial charge in [-0.15, -0.1) is 0 Å². The van der Waals surface area contributed by atoms with E-state index in [2.05, 4.69) is 40.6 Å². The summed E-state index contributed by atoms with van der Waals surface area (Å²) in [7, 11) is 3.21. The SMILES string of the molecule is CNCCCCc1ncc(-c2ccc3c(=O)c4cc(-c5cnc(CCCCNC(=O)C(NC(=O)OC)c6ccccc6)[nH]5)ccc4oc3c2)[nH]1. The molecule has 12 nitrogen and oxygen atoms in total. The average molecular weight is 676 g/mol. The molecule has 258 valence electrons. The van der Waals surface area contributed by atoms with Gasteiger partial charge in [-0.3, -0.25) is 9.59 Å². The van der Waals surface area contributed by atoms with Crippen LogP contribution in [0.2, 0.25) is 0 Å². The molecule has 50 heavy (non-hydrogen) atoms. The van der Waals surface area contributed by atoms with Gasteiger partial charge in [-0.05, 0) is 75.2 Å². The van der Waals surface area contributed by atoms with Crippen LogP contribution in [0.4, 0.5) is 4.79 Å². The molecule has 0 radical (unpaired) electrons. The number of H-pyrrole nitrogens is 2. The molecule has 1 unspecified atom stereocenters. The van der Waals surface area contributed by atoms with Gasteiger partial charge in [-0.2, -0.15) is 0 Å². The third-order valence-electron chi connectivity index (χ3n) is 8.62. The number of rotatable bonds is 15. The molecule has 0 spiro atoms. The number of amides is 2. The first-order valence-corrected chi connectivity index (χ1v) is 16.8. The number of benzene rings is 3. The number of nitrogens with zero attached hydrogens (tertiary/aromatic N) is 2. The Morgan fingerprint density at radius 3 is 2.14 bits per heavy atom. The van der Waals surface area contributed by atoms with Gasteiger partial charge in [-0.1, -0.05) is 36.4 Å². The topological polar surface area (TPSA) is 167 Å². The zero-order valence-electron chi connectivity index (χ0n) is 28.2. The van der Waals surface area contributed by atoms with Gasteiger partial charge in [0.25, 0.3) is 0 Å². The van der Waals surface area contributed by atoms with E-state index in [-0.39, 0.29) is 11.3 Å². The van der Waals surface area contributed by atoms with E-state index in [1.807, 2.05) is 67.8 Å². The second kappa shape index (κ2) is 16.1. The van der Waals surface area contributed by atoms with Crippen LogP contribution in [0.1, 0.15) is 48.9 Å². The number of alkyl carbamates (subject to hydrolysis) is 1. The molecule has 3 heterocycles. The second-order valence-corrected chi connectivity index (χ2v) is 12.1. The Labute approximate surface area is 289 Å². The van der Waals surface area contributed by atoms with Crippen molar-refractivity contribution in [2.24, 2.45) is 0 Å². The summed E-state index contributed by atoms with van der Waals surface area (Å²) < 4.78 is 10.9. The maximum atomic E-state index is 13.6. The van der Waals surface area contributed by atoms with Crippen LogP contribution in [0, 0.1) is 0 Å². The third-order valence-corrected chi connectivity index (χ3v) is 8.62. The number of carbonyl (C=O) groups excluding carboxylic acids is 2. The number of aryl methyl sites for hydroxylation is 2. The lowest BCUT2D eigenvalue weighted by Crippen LogP contribution is -2.40. The number of aromatic amines is 2. The molecule has 3 aromatic heterocycles. The molecule has 0 fully saturated rings. The van der Waals surface area contributed by atoms with Crippen molar-refractivity contribution in [1.82, 2.24) is 35.9 Å². The Morgan fingerprint density at radius 1 is 0.800 bits per heavy atom. The lowest BCUT2D eigenvalue weighted by atomic mass is 10.1. The maximum Gasteiger partial charge on any atom is 0.407 e. The van der Waals surface area contributed by atoms with Gasteiger partial charge in [0.2, 0.25) is 11.3 Å². The first-order chi connectivity index (χ1) is 24.4. The minimum atomic E-state index is -0.852. The lowest BCUT2D eigenvalue weighted by molar-refractivity contribution is -0.123. The van der Waals surface area contributed by atoms with Gasteiger partial charge in [0, 0.05) is 30.5 Å². The summed E-state index contributed by atoms with van der Waals surface area (Å²) in [5.74, 6) is 1.44. The summed E-state index contributed by atoms with van der Waals surface area (Å²) in [5.41, 5.74) is 5.02. The molecule has 0 aliphatic rings. The number of methoxy groups -OCH3 is 1. The third kappa shape index (κ3) is 8.09. The van der Waals surface area contributed by atoms with Crippen LogP contribution in [0.15, 0.2) is 88.3 Å². The Hall–Kier alpha value is -5.75. The van der Waals surface area contributed by atoms with Crippen LogP contribution in [0.3, 0.4) is 0 Å². The number of nitrogens with one attached hydrogen (secondary N) is 5. The number of fused-ring (bicyclic) bond motifs is 2. The van der Waals surface area contributed by atoms with E-state index < -0.39 is 12.1 Å². The molecule has 1 atom stereocenters. The molecule has 2 amide bonds. The molecule has 5 N–H and O–H groups in total. The molecule has 0 saturated heterocycles. The molecular formula is C38H41N7O5. The highest BCUT2D eigenvalue weighted by Gasteiger charge is 2.22. The lowest BCUT2D eigenvalue weighted by Gasteiger charge is -2.18. The van der Waals surface area contributed by atoms with Crippen molar-refractivity contribution in [3.8, 4) is 22.5 Å². The minimum Gasteiger partial charge on any atom is -0.456 e. The van der Waals surface area contributed by atoms with Crippen LogP contribution >= 0.6 is 0 Å². The first-order valence-electron chi connectivity index (χ1n) is 16.8. The van der Waals surface area contributed by atoms with Gasteiger partial charge in [0.05, 0.1) is 41.7 Å². The summed E-state index contributed by atoms with van der Waals surface area (Å²) in [6.45, 7) is 1.42. The Kier molecular flexibility index (Phi) is 11.0. The zero-order chi connectivity index (χ0) is 34.9. The predicted molar refractivity (Wildman–Crippen MR) is 193 cm³/mol. The Balaban J connectivity index is 1.06. The standard InChI is InChI=1S/C38H41N7O5/c1-39-18-8-6-12-33-42-23-30(44-33)26-14-16-27-32(21-26)50-31-17-15-25(20-28(31)36(27)46)29-22-41-34(43-29)13-7-9-19-40-37(47)35(45-38(48)49-2)24-10-4-3-5-11-24/h3-5,10-11,14-17,20-23,35,39H,6-9,12-13,18-19H2,1-2H3,(H,40,47)(H,41,43)(H,42,44)(H,45,48). The number of hydrogen-bond acceptors (Lipinski definition) is 8. The van der Waals surface area contributed by atoms with E-state index in [4.69, 9.17) is 4.42 Å². The van der Waals surface area contributed by atoms with Crippen molar-refractivity contribution in [3.05, 3.63) is 107 Å². The van der Waals surface area contributed by atoms with Crippen molar-refractivity contribution in [2.75, 3.05) is 27.2 Å². The van der Waals surface area contributed by atoms with E-state index in [0.717, 1.165) is 66.4 Å². The largest absolute Gasteiger partial charge is 0.456 e. The van der Waals surface area contributed by atoms with Crippen LogP contribution in [-0.2, 0) is 22.4 Å². The molecule has 0 saturated carbocycles. The highest BCUT2D eigenvalue weighted by Crippen LogP contribution is 2.27. The zero-order valence-corrected chi connectivity index (χ0v) is 28.2. The predicted octanol–water partition coefficient (Wildman–Crippen LogP) is 5.80. The summed E-state index contributed by atoms with van der Waals surface area (Å²) in [6, 6.07) is 19.3. The average Bonchev–Trinajstić information content (AvgIpc) is 3.83. The molecule has 0 aliphatic carbocycles. The van der Waals surface area contributed by atoms with Gasteiger partial charge >= 0.3 is 6.09 Å². The molecule has 0 bridgehead atoms. The summed E-state index contributed by atoms with van der Waals surface area (Å²) in [6.07, 6.45) is 8.09. The van der Waals surface area contributed by atoms with Crippen LogP contribution in [-0.4, -0.2) is 59.2 Å². The normalized spacial score (nSPS) is 11.9. The quantitative estimate of drug-likeness (QED) is 0.0672. The fourth-order valence-corrected chi connectivity index (χ4v) is 5.91. The van der Waals surface area contributed by atoms with E-state index in [9.17, 15) is 14.4 Å².